The molecule has 1 aromatic heterocycles. The minimum Gasteiger partial charge on any atom is -0.318 e. The first-order valence-corrected chi connectivity index (χ1v) is 8.72. The second kappa shape index (κ2) is 6.32. The molecule has 5 heteroatoms. The van der Waals surface area contributed by atoms with E-state index in [2.05, 4.69) is 48.0 Å². The molecule has 124 valence electrons. The number of carbonyl (C=O) groups excluding carboxylic acids is 2. The third-order valence-corrected chi connectivity index (χ3v) is 5.03. The molecular formula is C19H20N2O2S. The number of amides is 2. The van der Waals surface area contributed by atoms with Crippen molar-refractivity contribution in [1.82, 2.24) is 9.88 Å². The van der Waals surface area contributed by atoms with Crippen LogP contribution in [-0.2, 0) is 4.79 Å². The average molecular weight is 340 g/mol. The molecule has 1 aliphatic rings. The largest absolute Gasteiger partial charge is 0.318 e. The molecule has 2 amide bonds. The molecule has 1 fully saturated rings. The summed E-state index contributed by atoms with van der Waals surface area (Å²) in [4.78, 5) is 23.5. The Kier molecular flexibility index (Phi) is 4.37. The average Bonchev–Trinajstić information content (AvgIpc) is 2.98. The lowest BCUT2D eigenvalue weighted by Crippen LogP contribution is -2.17. The molecule has 0 saturated carbocycles. The molecule has 0 radical (unpaired) electrons. The van der Waals surface area contributed by atoms with Crippen molar-refractivity contribution < 1.29 is 9.59 Å². The fourth-order valence-corrected chi connectivity index (χ4v) is 3.57. The van der Waals surface area contributed by atoms with Crippen LogP contribution < -0.4 is 5.32 Å². The summed E-state index contributed by atoms with van der Waals surface area (Å²) >= 11 is 0.946. The van der Waals surface area contributed by atoms with Gasteiger partial charge in [0.25, 0.3) is 11.1 Å². The van der Waals surface area contributed by atoms with Gasteiger partial charge in [-0.3, -0.25) is 14.9 Å². The lowest BCUT2D eigenvalue weighted by Gasteiger charge is -2.12. The third-order valence-electron chi connectivity index (χ3n) is 4.22. The first-order valence-electron chi connectivity index (χ1n) is 7.91. The van der Waals surface area contributed by atoms with Crippen molar-refractivity contribution in [2.24, 2.45) is 0 Å². The molecule has 1 aromatic carbocycles. The van der Waals surface area contributed by atoms with Crippen LogP contribution in [0.3, 0.4) is 0 Å². The van der Waals surface area contributed by atoms with E-state index in [1.54, 1.807) is 6.08 Å². The van der Waals surface area contributed by atoms with Crippen LogP contribution in [0.25, 0.3) is 11.8 Å². The predicted octanol–water partition coefficient (Wildman–Crippen LogP) is 4.54. The van der Waals surface area contributed by atoms with Gasteiger partial charge in [-0.1, -0.05) is 26.0 Å². The number of benzene rings is 1. The van der Waals surface area contributed by atoms with Gasteiger partial charge < -0.3 is 4.57 Å². The number of hydrogen-bond acceptors (Lipinski definition) is 3. The van der Waals surface area contributed by atoms with E-state index in [-0.39, 0.29) is 11.1 Å². The Hall–Kier alpha value is -2.27. The molecule has 0 unspecified atom stereocenters. The predicted molar refractivity (Wildman–Crippen MR) is 98.4 cm³/mol. The molecule has 1 N–H and O–H groups in total. The quantitative estimate of drug-likeness (QED) is 0.835. The number of aryl methyl sites for hydroxylation is 1. The first kappa shape index (κ1) is 16.6. The first-order chi connectivity index (χ1) is 11.4. The van der Waals surface area contributed by atoms with Gasteiger partial charge in [0.2, 0.25) is 0 Å². The molecule has 3 rings (SSSR count). The van der Waals surface area contributed by atoms with E-state index < -0.39 is 0 Å². The molecule has 0 atom stereocenters. The van der Waals surface area contributed by atoms with Crippen molar-refractivity contribution in [2.75, 3.05) is 0 Å². The smallest absolute Gasteiger partial charge is 0.290 e. The van der Waals surface area contributed by atoms with Crippen LogP contribution >= 0.6 is 11.8 Å². The SMILES string of the molecule is Cc1cc(/C=C2\SC(=O)NC2=O)c(C)n1-c1ccc(C(C)C)cc1. The van der Waals surface area contributed by atoms with Gasteiger partial charge in [-0.05, 0) is 66.9 Å². The Bertz CT molecular complexity index is 845. The van der Waals surface area contributed by atoms with E-state index >= 15 is 0 Å². The Morgan fingerprint density at radius 1 is 1.12 bits per heavy atom. The molecule has 4 nitrogen and oxygen atoms in total. The zero-order chi connectivity index (χ0) is 17.4. The van der Waals surface area contributed by atoms with Crippen molar-refractivity contribution >= 4 is 29.0 Å². The van der Waals surface area contributed by atoms with Crippen LogP contribution in [0.2, 0.25) is 0 Å². The summed E-state index contributed by atoms with van der Waals surface area (Å²) < 4.78 is 2.16. The summed E-state index contributed by atoms with van der Waals surface area (Å²) in [6.45, 7) is 8.42. The van der Waals surface area contributed by atoms with Crippen molar-refractivity contribution in [2.45, 2.75) is 33.6 Å². The van der Waals surface area contributed by atoms with Gasteiger partial charge in [0.15, 0.2) is 0 Å². The summed E-state index contributed by atoms with van der Waals surface area (Å²) in [5.74, 6) is 0.178. The van der Waals surface area contributed by atoms with E-state index in [0.717, 1.165) is 34.4 Å². The van der Waals surface area contributed by atoms with Gasteiger partial charge in [0, 0.05) is 17.1 Å². The van der Waals surface area contributed by atoms with Crippen molar-refractivity contribution in [3.05, 3.63) is 57.8 Å². The van der Waals surface area contributed by atoms with Gasteiger partial charge in [-0.25, -0.2) is 0 Å². The Morgan fingerprint density at radius 3 is 2.33 bits per heavy atom. The Balaban J connectivity index is 1.99. The highest BCUT2D eigenvalue weighted by atomic mass is 32.2. The molecular weight excluding hydrogens is 320 g/mol. The zero-order valence-corrected chi connectivity index (χ0v) is 15.0. The summed E-state index contributed by atoms with van der Waals surface area (Å²) in [7, 11) is 0. The summed E-state index contributed by atoms with van der Waals surface area (Å²) in [6, 6.07) is 10.6. The van der Waals surface area contributed by atoms with Crippen LogP contribution in [0.4, 0.5) is 4.79 Å². The normalized spacial score (nSPS) is 16.3. The van der Waals surface area contributed by atoms with E-state index in [1.165, 1.54) is 5.56 Å². The molecule has 2 heterocycles. The highest BCUT2D eigenvalue weighted by Gasteiger charge is 2.25. The topological polar surface area (TPSA) is 51.1 Å². The summed E-state index contributed by atoms with van der Waals surface area (Å²) in [5, 5.41) is 1.97. The molecule has 1 saturated heterocycles. The molecule has 1 aliphatic heterocycles. The number of nitrogens with zero attached hydrogens (tertiary/aromatic N) is 1. The van der Waals surface area contributed by atoms with E-state index in [9.17, 15) is 9.59 Å². The van der Waals surface area contributed by atoms with E-state index in [4.69, 9.17) is 0 Å². The fourth-order valence-electron chi connectivity index (χ4n) is 2.90. The minimum absolute atomic E-state index is 0.315. The maximum Gasteiger partial charge on any atom is 0.290 e. The number of rotatable bonds is 3. The molecule has 24 heavy (non-hydrogen) atoms. The molecule has 0 bridgehead atoms. The van der Waals surface area contributed by atoms with Gasteiger partial charge in [0.05, 0.1) is 4.91 Å². The number of hydrogen-bond donors (Lipinski definition) is 1. The van der Waals surface area contributed by atoms with E-state index in [1.807, 2.05) is 19.9 Å². The molecule has 0 aliphatic carbocycles. The minimum atomic E-state index is -0.323. The Morgan fingerprint density at radius 2 is 1.79 bits per heavy atom. The number of thioether (sulfide) groups is 1. The van der Waals surface area contributed by atoms with Crippen LogP contribution in [0.1, 0.15) is 42.3 Å². The number of carbonyl (C=O) groups is 2. The maximum absolute atomic E-state index is 11.7. The van der Waals surface area contributed by atoms with Crippen LogP contribution in [-0.4, -0.2) is 15.7 Å². The number of aromatic nitrogens is 1. The maximum atomic E-state index is 11.7. The van der Waals surface area contributed by atoms with Crippen molar-refractivity contribution in [1.29, 1.82) is 0 Å². The lowest BCUT2D eigenvalue weighted by molar-refractivity contribution is -0.115. The van der Waals surface area contributed by atoms with E-state index in [0.29, 0.717) is 10.8 Å². The number of imide groups is 1. The van der Waals surface area contributed by atoms with Crippen LogP contribution in [0.15, 0.2) is 35.2 Å². The second-order valence-corrected chi connectivity index (χ2v) is 7.28. The highest BCUT2D eigenvalue weighted by molar-refractivity contribution is 8.18. The summed E-state index contributed by atoms with van der Waals surface area (Å²) in [6.07, 6.45) is 1.78. The van der Waals surface area contributed by atoms with Crippen molar-refractivity contribution in [3.63, 3.8) is 0 Å². The zero-order valence-electron chi connectivity index (χ0n) is 14.2. The molecule has 0 spiro atoms. The van der Waals surface area contributed by atoms with Gasteiger partial charge >= 0.3 is 0 Å². The molecule has 2 aromatic rings. The third kappa shape index (κ3) is 3.04. The number of nitrogens with one attached hydrogen (secondary N) is 1. The standard InChI is InChI=1S/C19H20N2O2S/c1-11(2)14-5-7-16(8-6-14)21-12(3)9-15(13(21)4)10-17-18(22)20-19(23)24-17/h5-11H,1-4H3,(H,20,22,23)/b17-10-. The monoisotopic (exact) mass is 340 g/mol. The lowest BCUT2D eigenvalue weighted by atomic mass is 10.0. The summed E-state index contributed by atoms with van der Waals surface area (Å²) in [5.41, 5.74) is 5.49. The van der Waals surface area contributed by atoms with Crippen LogP contribution in [0.5, 0.6) is 0 Å². The fraction of sp³-hybridized carbons (Fsp3) is 0.263. The van der Waals surface area contributed by atoms with Gasteiger partial charge in [-0.15, -0.1) is 0 Å². The van der Waals surface area contributed by atoms with Gasteiger partial charge in [0.1, 0.15) is 0 Å². The van der Waals surface area contributed by atoms with Crippen LogP contribution in [0, 0.1) is 13.8 Å². The highest BCUT2D eigenvalue weighted by Crippen LogP contribution is 2.29. The second-order valence-electron chi connectivity index (χ2n) is 6.26. The Labute approximate surface area is 145 Å². The van der Waals surface area contributed by atoms with Gasteiger partial charge in [-0.2, -0.15) is 0 Å². The van der Waals surface area contributed by atoms with Crippen molar-refractivity contribution in [3.8, 4) is 5.69 Å².